The summed E-state index contributed by atoms with van der Waals surface area (Å²) < 4.78 is 2.78. The largest absolute Gasteiger partial charge is 0.508 e. The predicted molar refractivity (Wildman–Crippen MR) is 67.4 cm³/mol. The molecule has 0 bridgehead atoms. The van der Waals surface area contributed by atoms with Gasteiger partial charge in [-0.2, -0.15) is 5.10 Å². The van der Waals surface area contributed by atoms with Gasteiger partial charge < -0.3 is 5.11 Å². The van der Waals surface area contributed by atoms with Gasteiger partial charge in [0.1, 0.15) is 10.4 Å². The summed E-state index contributed by atoms with van der Waals surface area (Å²) in [4.78, 5) is 0. The Morgan fingerprint density at radius 3 is 2.44 bits per heavy atom. The van der Waals surface area contributed by atoms with Crippen molar-refractivity contribution < 1.29 is 5.11 Å². The summed E-state index contributed by atoms with van der Waals surface area (Å²) in [7, 11) is 0. The molecule has 1 N–H and O–H groups in total. The van der Waals surface area contributed by atoms with Crippen LogP contribution >= 0.6 is 15.9 Å². The Labute approximate surface area is 103 Å². The van der Waals surface area contributed by atoms with E-state index in [1.807, 2.05) is 22.9 Å². The van der Waals surface area contributed by atoms with E-state index >= 15 is 0 Å². The zero-order valence-corrected chi connectivity index (χ0v) is 10.8. The second-order valence-corrected chi connectivity index (χ2v) is 4.75. The summed E-state index contributed by atoms with van der Waals surface area (Å²) in [6, 6.07) is 9.42. The van der Waals surface area contributed by atoms with E-state index in [1.165, 1.54) is 0 Å². The molecule has 0 spiro atoms. The van der Waals surface area contributed by atoms with Crippen molar-refractivity contribution >= 4 is 15.9 Å². The van der Waals surface area contributed by atoms with Gasteiger partial charge in [0.25, 0.3) is 0 Å². The van der Waals surface area contributed by atoms with Crippen LogP contribution in [-0.2, 0) is 0 Å². The molecule has 1 aromatic carbocycles. The normalized spacial score (nSPS) is 11.0. The van der Waals surface area contributed by atoms with E-state index < -0.39 is 0 Å². The third-order valence-corrected chi connectivity index (χ3v) is 2.75. The van der Waals surface area contributed by atoms with E-state index in [0.29, 0.717) is 6.04 Å². The molecule has 0 aliphatic carbocycles. The van der Waals surface area contributed by atoms with Crippen molar-refractivity contribution in [3.63, 3.8) is 0 Å². The summed E-state index contributed by atoms with van der Waals surface area (Å²) in [6.45, 7) is 4.17. The van der Waals surface area contributed by atoms with Gasteiger partial charge in [0, 0.05) is 11.6 Å². The van der Waals surface area contributed by atoms with Crippen molar-refractivity contribution in [1.29, 1.82) is 0 Å². The maximum absolute atomic E-state index is 9.26. The highest BCUT2D eigenvalue weighted by Gasteiger charge is 2.10. The topological polar surface area (TPSA) is 38.0 Å². The number of aromatic nitrogens is 2. The molecule has 0 saturated carbocycles. The number of nitrogens with zero attached hydrogens (tertiary/aromatic N) is 2. The lowest BCUT2D eigenvalue weighted by Gasteiger charge is -2.10. The molecule has 4 heteroatoms. The van der Waals surface area contributed by atoms with Crippen LogP contribution in [0.15, 0.2) is 34.9 Å². The van der Waals surface area contributed by atoms with E-state index in [-0.39, 0.29) is 5.75 Å². The molecule has 0 fully saturated rings. The number of halogens is 1. The summed E-state index contributed by atoms with van der Waals surface area (Å²) in [5, 5.41) is 13.6. The van der Waals surface area contributed by atoms with Gasteiger partial charge in [-0.3, -0.25) is 4.68 Å². The zero-order chi connectivity index (χ0) is 11.7. The van der Waals surface area contributed by atoms with Gasteiger partial charge in [-0.25, -0.2) is 0 Å². The van der Waals surface area contributed by atoms with Gasteiger partial charge >= 0.3 is 0 Å². The Kier molecular flexibility index (Phi) is 3.01. The Morgan fingerprint density at radius 2 is 1.88 bits per heavy atom. The van der Waals surface area contributed by atoms with Crippen molar-refractivity contribution in [2.75, 3.05) is 0 Å². The molecule has 16 heavy (non-hydrogen) atoms. The van der Waals surface area contributed by atoms with Crippen molar-refractivity contribution in [2.24, 2.45) is 0 Å². The lowest BCUT2D eigenvalue weighted by molar-refractivity contribution is 0.475. The molecule has 1 aromatic heterocycles. The SMILES string of the molecule is CC(C)n1nc(Br)cc1-c1ccc(O)cc1. The first kappa shape index (κ1) is 11.2. The van der Waals surface area contributed by atoms with Crippen molar-refractivity contribution in [1.82, 2.24) is 9.78 Å². The standard InChI is InChI=1S/C12H13BrN2O/c1-8(2)15-11(7-12(13)14-15)9-3-5-10(16)6-4-9/h3-8,16H,1-2H3. The average Bonchev–Trinajstić information content (AvgIpc) is 2.61. The minimum atomic E-state index is 0.276. The molecule has 1 heterocycles. The molecular formula is C12H13BrN2O. The minimum Gasteiger partial charge on any atom is -0.508 e. The molecule has 0 aliphatic heterocycles. The Morgan fingerprint density at radius 1 is 1.25 bits per heavy atom. The molecule has 0 atom stereocenters. The zero-order valence-electron chi connectivity index (χ0n) is 9.18. The quantitative estimate of drug-likeness (QED) is 0.913. The van der Waals surface area contributed by atoms with Gasteiger partial charge in [0.15, 0.2) is 0 Å². The van der Waals surface area contributed by atoms with Crippen LogP contribution in [0, 0.1) is 0 Å². The number of hydrogen-bond acceptors (Lipinski definition) is 2. The lowest BCUT2D eigenvalue weighted by Crippen LogP contribution is -2.04. The molecule has 84 valence electrons. The van der Waals surface area contributed by atoms with Crippen molar-refractivity contribution in [2.45, 2.75) is 19.9 Å². The van der Waals surface area contributed by atoms with Gasteiger partial charge in [0.05, 0.1) is 5.69 Å². The second kappa shape index (κ2) is 4.29. The maximum Gasteiger partial charge on any atom is 0.128 e. The van der Waals surface area contributed by atoms with Crippen molar-refractivity contribution in [3.05, 3.63) is 34.9 Å². The first-order chi connectivity index (χ1) is 7.58. The summed E-state index contributed by atoms with van der Waals surface area (Å²) in [6.07, 6.45) is 0. The van der Waals surface area contributed by atoms with Gasteiger partial charge in [-0.05, 0) is 60.1 Å². The van der Waals surface area contributed by atoms with Crippen LogP contribution in [0.2, 0.25) is 0 Å². The molecule has 2 rings (SSSR count). The van der Waals surface area contributed by atoms with Gasteiger partial charge in [-0.1, -0.05) is 0 Å². The van der Waals surface area contributed by atoms with Crippen LogP contribution in [0.4, 0.5) is 0 Å². The average molecular weight is 281 g/mol. The molecule has 2 aromatic rings. The number of phenols is 1. The third kappa shape index (κ3) is 2.11. The predicted octanol–water partition coefficient (Wildman–Crippen LogP) is 3.60. The minimum absolute atomic E-state index is 0.276. The highest BCUT2D eigenvalue weighted by atomic mass is 79.9. The van der Waals surface area contributed by atoms with Crippen LogP contribution in [0.3, 0.4) is 0 Å². The molecule has 0 unspecified atom stereocenters. The number of hydrogen-bond donors (Lipinski definition) is 1. The lowest BCUT2D eigenvalue weighted by atomic mass is 10.1. The first-order valence-electron chi connectivity index (χ1n) is 5.12. The maximum atomic E-state index is 9.26. The van der Waals surface area contributed by atoms with E-state index in [2.05, 4.69) is 34.9 Å². The van der Waals surface area contributed by atoms with E-state index in [0.717, 1.165) is 15.9 Å². The highest BCUT2D eigenvalue weighted by Crippen LogP contribution is 2.27. The van der Waals surface area contributed by atoms with Crippen molar-refractivity contribution in [3.8, 4) is 17.0 Å². The summed E-state index contributed by atoms with van der Waals surface area (Å²) in [5.74, 6) is 0.276. The van der Waals surface area contributed by atoms with Gasteiger partial charge in [-0.15, -0.1) is 0 Å². The fourth-order valence-electron chi connectivity index (χ4n) is 1.61. The molecule has 0 aliphatic rings. The number of aromatic hydroxyl groups is 1. The highest BCUT2D eigenvalue weighted by molar-refractivity contribution is 9.10. The first-order valence-corrected chi connectivity index (χ1v) is 5.91. The van der Waals surface area contributed by atoms with E-state index in [1.54, 1.807) is 12.1 Å². The molecule has 0 radical (unpaired) electrons. The van der Waals surface area contributed by atoms with Crippen LogP contribution in [0.5, 0.6) is 5.75 Å². The summed E-state index contributed by atoms with van der Waals surface area (Å²) >= 11 is 3.38. The fraction of sp³-hybridized carbons (Fsp3) is 0.250. The molecular weight excluding hydrogens is 268 g/mol. The fourth-order valence-corrected chi connectivity index (χ4v) is 1.99. The van der Waals surface area contributed by atoms with E-state index in [4.69, 9.17) is 0 Å². The Hall–Kier alpha value is -1.29. The molecule has 0 saturated heterocycles. The monoisotopic (exact) mass is 280 g/mol. The van der Waals surface area contributed by atoms with Gasteiger partial charge in [0.2, 0.25) is 0 Å². The molecule has 0 amide bonds. The Balaban J connectivity index is 2.50. The summed E-state index contributed by atoms with van der Waals surface area (Å²) in [5.41, 5.74) is 2.09. The number of rotatable bonds is 2. The number of benzene rings is 1. The van der Waals surface area contributed by atoms with Crippen LogP contribution in [0.25, 0.3) is 11.3 Å². The molecule has 3 nitrogen and oxygen atoms in total. The van der Waals surface area contributed by atoms with Crippen LogP contribution < -0.4 is 0 Å². The van der Waals surface area contributed by atoms with Crippen LogP contribution in [-0.4, -0.2) is 14.9 Å². The Bertz CT molecular complexity index is 488. The third-order valence-electron chi connectivity index (χ3n) is 2.36. The van der Waals surface area contributed by atoms with E-state index in [9.17, 15) is 5.11 Å². The van der Waals surface area contributed by atoms with Crippen LogP contribution in [0.1, 0.15) is 19.9 Å². The second-order valence-electron chi connectivity index (χ2n) is 3.94. The number of phenolic OH excluding ortho intramolecular Hbond substituents is 1. The smallest absolute Gasteiger partial charge is 0.128 e.